The molecule has 0 saturated carbocycles. The fourth-order valence-corrected chi connectivity index (χ4v) is 3.90. The third kappa shape index (κ3) is 5.21. The van der Waals surface area contributed by atoms with Crippen LogP contribution in [0.5, 0.6) is 0 Å². The molecule has 1 aliphatic heterocycles. The molecule has 3 aromatic rings. The zero-order valence-electron chi connectivity index (χ0n) is 18.6. The molecule has 0 bridgehead atoms. The predicted molar refractivity (Wildman–Crippen MR) is 122 cm³/mol. The van der Waals surface area contributed by atoms with Gasteiger partial charge in [0.25, 0.3) is 5.91 Å². The molecule has 0 atom stereocenters. The number of aryl methyl sites for hydroxylation is 1. The summed E-state index contributed by atoms with van der Waals surface area (Å²) in [6.45, 7) is 2.68. The first-order valence-electron chi connectivity index (χ1n) is 10.9. The largest absolute Gasteiger partial charge is 0.385 e. The van der Waals surface area contributed by atoms with Crippen LogP contribution in [0.15, 0.2) is 54.9 Å². The quantitative estimate of drug-likeness (QED) is 0.439. The molecule has 0 radical (unpaired) electrons. The van der Waals surface area contributed by atoms with Crippen molar-refractivity contribution in [3.63, 3.8) is 0 Å². The molecule has 1 saturated heterocycles. The SMILES string of the molecule is Cc1ccc(Nc2c(C(=O)N3CC(O)(CNCCc4ccncc4)C3)ccc(F)c2F)c(F)c1. The van der Waals surface area contributed by atoms with E-state index in [1.807, 2.05) is 12.1 Å². The van der Waals surface area contributed by atoms with Crippen molar-refractivity contribution in [2.45, 2.75) is 18.9 Å². The highest BCUT2D eigenvalue weighted by molar-refractivity contribution is 6.01. The Morgan fingerprint density at radius 3 is 2.53 bits per heavy atom. The summed E-state index contributed by atoms with van der Waals surface area (Å²) in [7, 11) is 0. The number of hydrogen-bond acceptors (Lipinski definition) is 5. The molecule has 1 aliphatic rings. The minimum Gasteiger partial charge on any atom is -0.385 e. The summed E-state index contributed by atoms with van der Waals surface area (Å²) in [5.74, 6) is -3.68. The molecule has 1 amide bonds. The Balaban J connectivity index is 1.40. The number of aliphatic hydroxyl groups is 1. The number of halogens is 3. The fourth-order valence-electron chi connectivity index (χ4n) is 3.90. The molecular formula is C25H25F3N4O2. The summed E-state index contributed by atoms with van der Waals surface area (Å²) in [5.41, 5.74) is -0.0205. The maximum atomic E-state index is 14.6. The van der Waals surface area contributed by atoms with E-state index in [-0.39, 0.29) is 30.9 Å². The molecule has 178 valence electrons. The number of nitrogens with zero attached hydrogens (tertiary/aromatic N) is 2. The van der Waals surface area contributed by atoms with Crippen LogP contribution in [0.1, 0.15) is 21.5 Å². The molecule has 3 N–H and O–H groups in total. The van der Waals surface area contributed by atoms with Crippen LogP contribution in [-0.4, -0.2) is 52.7 Å². The molecule has 0 unspecified atom stereocenters. The van der Waals surface area contributed by atoms with Gasteiger partial charge in [-0.3, -0.25) is 9.78 Å². The minimum absolute atomic E-state index is 0.0332. The molecule has 1 fully saturated rings. The van der Waals surface area contributed by atoms with Crippen molar-refractivity contribution in [3.8, 4) is 0 Å². The number of likely N-dealkylation sites (tertiary alicyclic amines) is 1. The number of β-amino-alcohol motifs (C(OH)–C–C–N with tert-alkyl or cyclic N) is 1. The first-order chi connectivity index (χ1) is 16.3. The first-order valence-corrected chi connectivity index (χ1v) is 10.9. The van der Waals surface area contributed by atoms with Crippen molar-refractivity contribution >= 4 is 17.3 Å². The lowest BCUT2D eigenvalue weighted by Crippen LogP contribution is -2.67. The minimum atomic E-state index is -1.28. The molecule has 2 aromatic carbocycles. The molecule has 4 rings (SSSR count). The van der Waals surface area contributed by atoms with Crippen LogP contribution in [0.3, 0.4) is 0 Å². The molecule has 9 heteroatoms. The Labute approximate surface area is 195 Å². The van der Waals surface area contributed by atoms with Gasteiger partial charge in [-0.05, 0) is 67.4 Å². The van der Waals surface area contributed by atoms with Crippen LogP contribution in [0, 0.1) is 24.4 Å². The lowest BCUT2D eigenvalue weighted by atomic mass is 9.92. The van der Waals surface area contributed by atoms with E-state index in [1.54, 1.807) is 25.4 Å². The molecule has 0 aliphatic carbocycles. The highest BCUT2D eigenvalue weighted by atomic mass is 19.2. The number of aromatic nitrogens is 1. The summed E-state index contributed by atoms with van der Waals surface area (Å²) in [6.07, 6.45) is 4.19. The number of pyridine rings is 1. The van der Waals surface area contributed by atoms with Gasteiger partial charge >= 0.3 is 0 Å². The van der Waals surface area contributed by atoms with Gasteiger partial charge in [-0.2, -0.15) is 0 Å². The second-order valence-corrected chi connectivity index (χ2v) is 8.56. The second kappa shape index (κ2) is 9.82. The highest BCUT2D eigenvalue weighted by Gasteiger charge is 2.44. The van der Waals surface area contributed by atoms with Crippen LogP contribution in [0.4, 0.5) is 24.5 Å². The number of amides is 1. The summed E-state index contributed by atoms with van der Waals surface area (Å²) >= 11 is 0. The zero-order valence-corrected chi connectivity index (χ0v) is 18.6. The van der Waals surface area contributed by atoms with Crippen molar-refractivity contribution < 1.29 is 23.1 Å². The lowest BCUT2D eigenvalue weighted by molar-refractivity contribution is -0.0783. The van der Waals surface area contributed by atoms with Gasteiger partial charge in [0, 0.05) is 18.9 Å². The molecule has 2 heterocycles. The van der Waals surface area contributed by atoms with Crippen LogP contribution < -0.4 is 10.6 Å². The van der Waals surface area contributed by atoms with Crippen LogP contribution in [-0.2, 0) is 6.42 Å². The summed E-state index contributed by atoms with van der Waals surface area (Å²) in [5, 5.41) is 16.4. The smallest absolute Gasteiger partial charge is 0.256 e. The van der Waals surface area contributed by atoms with Crippen LogP contribution in [0.2, 0.25) is 0 Å². The number of nitrogens with one attached hydrogen (secondary N) is 2. The molecule has 1 aromatic heterocycles. The van der Waals surface area contributed by atoms with Gasteiger partial charge in [0.2, 0.25) is 0 Å². The first kappa shape index (κ1) is 23.7. The molecule has 0 spiro atoms. The Kier molecular flexibility index (Phi) is 6.85. The van der Waals surface area contributed by atoms with Gasteiger partial charge in [-0.15, -0.1) is 0 Å². The Hall–Kier alpha value is -3.43. The zero-order chi connectivity index (χ0) is 24.3. The topological polar surface area (TPSA) is 77.5 Å². The predicted octanol–water partition coefficient (Wildman–Crippen LogP) is 3.57. The average molecular weight is 470 g/mol. The lowest BCUT2D eigenvalue weighted by Gasteiger charge is -2.46. The number of rotatable bonds is 8. The maximum Gasteiger partial charge on any atom is 0.256 e. The summed E-state index contributed by atoms with van der Waals surface area (Å²) in [4.78, 5) is 18.3. The van der Waals surface area contributed by atoms with Crippen molar-refractivity contribution in [1.29, 1.82) is 0 Å². The second-order valence-electron chi connectivity index (χ2n) is 8.56. The molecular weight excluding hydrogens is 445 g/mol. The van der Waals surface area contributed by atoms with E-state index in [2.05, 4.69) is 15.6 Å². The highest BCUT2D eigenvalue weighted by Crippen LogP contribution is 2.31. The van der Waals surface area contributed by atoms with Gasteiger partial charge in [0.15, 0.2) is 11.6 Å². The van der Waals surface area contributed by atoms with E-state index in [0.717, 1.165) is 24.1 Å². The van der Waals surface area contributed by atoms with Crippen molar-refractivity contribution in [2.24, 2.45) is 0 Å². The Morgan fingerprint density at radius 2 is 1.82 bits per heavy atom. The van der Waals surface area contributed by atoms with Crippen molar-refractivity contribution in [3.05, 3.63) is 89.0 Å². The fraction of sp³-hybridized carbons (Fsp3) is 0.280. The Morgan fingerprint density at radius 1 is 1.09 bits per heavy atom. The van der Waals surface area contributed by atoms with Crippen LogP contribution in [0.25, 0.3) is 0 Å². The monoisotopic (exact) mass is 470 g/mol. The van der Waals surface area contributed by atoms with Crippen molar-refractivity contribution in [1.82, 2.24) is 15.2 Å². The maximum absolute atomic E-state index is 14.6. The molecule has 6 nitrogen and oxygen atoms in total. The third-order valence-corrected chi connectivity index (χ3v) is 5.76. The van der Waals surface area contributed by atoms with E-state index >= 15 is 0 Å². The Bertz CT molecular complexity index is 1180. The van der Waals surface area contributed by atoms with E-state index in [1.165, 1.54) is 17.0 Å². The van der Waals surface area contributed by atoms with Gasteiger partial charge in [0.1, 0.15) is 11.4 Å². The standard InChI is InChI=1S/C25H25F3N4O2/c1-16-2-5-21(20(27)12-16)31-23-18(3-4-19(26)22(23)28)24(33)32-14-25(34,15-32)13-30-11-8-17-6-9-29-10-7-17/h2-7,9-10,12,30-31,34H,8,11,13-15H2,1H3. The third-order valence-electron chi connectivity index (χ3n) is 5.76. The number of hydrogen-bond donors (Lipinski definition) is 3. The van der Waals surface area contributed by atoms with E-state index in [4.69, 9.17) is 0 Å². The van der Waals surface area contributed by atoms with E-state index < -0.39 is 34.6 Å². The molecule has 34 heavy (non-hydrogen) atoms. The average Bonchev–Trinajstić information content (AvgIpc) is 2.80. The number of benzene rings is 2. The summed E-state index contributed by atoms with van der Waals surface area (Å²) < 4.78 is 42.8. The van der Waals surface area contributed by atoms with E-state index in [9.17, 15) is 23.1 Å². The normalized spacial score (nSPS) is 14.6. The van der Waals surface area contributed by atoms with E-state index in [0.29, 0.717) is 12.1 Å². The number of carbonyl (C=O) groups is 1. The number of carbonyl (C=O) groups excluding carboxylic acids is 1. The summed E-state index contributed by atoms with van der Waals surface area (Å²) in [6, 6.07) is 10.1. The van der Waals surface area contributed by atoms with Gasteiger partial charge in [-0.1, -0.05) is 6.07 Å². The van der Waals surface area contributed by atoms with Gasteiger partial charge < -0.3 is 20.6 Å². The van der Waals surface area contributed by atoms with Gasteiger partial charge in [-0.25, -0.2) is 13.2 Å². The van der Waals surface area contributed by atoms with Crippen LogP contribution >= 0.6 is 0 Å². The van der Waals surface area contributed by atoms with Crippen molar-refractivity contribution in [2.75, 3.05) is 31.5 Å². The number of anilines is 2. The van der Waals surface area contributed by atoms with Gasteiger partial charge in [0.05, 0.1) is 30.0 Å².